The first kappa shape index (κ1) is 14.1. The van der Waals surface area contributed by atoms with Crippen LogP contribution in [0, 0.1) is 0 Å². The minimum atomic E-state index is -0.210. The van der Waals surface area contributed by atoms with E-state index in [9.17, 15) is 4.79 Å². The molecule has 1 rings (SSSR count). The van der Waals surface area contributed by atoms with Gasteiger partial charge in [0, 0.05) is 12.8 Å². The second-order valence-electron chi connectivity index (χ2n) is 3.17. The van der Waals surface area contributed by atoms with Gasteiger partial charge in [0.25, 0.3) is 0 Å². The molecule has 1 aromatic heterocycles. The summed E-state index contributed by atoms with van der Waals surface area (Å²) in [7, 11) is 1.80. The van der Waals surface area contributed by atoms with Gasteiger partial charge in [-0.2, -0.15) is 0 Å². The van der Waals surface area contributed by atoms with Crippen LogP contribution in [-0.4, -0.2) is 30.4 Å². The fourth-order valence-electron chi connectivity index (χ4n) is 1.16. The molecule has 1 heterocycles. The molecule has 0 spiro atoms. The lowest BCUT2D eigenvalue weighted by Gasteiger charge is -2.06. The number of carbonyl (C=O) groups excluding carboxylic acids is 1. The molecule has 0 saturated heterocycles. The number of aromatic nitrogens is 1. The normalized spacial score (nSPS) is 10.1. The quantitative estimate of drug-likeness (QED) is 0.808. The van der Waals surface area contributed by atoms with E-state index in [-0.39, 0.29) is 5.97 Å². The molecule has 0 radical (unpaired) electrons. The van der Waals surface area contributed by atoms with E-state index >= 15 is 0 Å². The number of rotatable bonds is 6. The molecule has 0 atom stereocenters. The van der Waals surface area contributed by atoms with Crippen LogP contribution in [0.25, 0.3) is 0 Å². The van der Waals surface area contributed by atoms with E-state index in [2.05, 4.69) is 10.3 Å². The first-order valence-electron chi connectivity index (χ1n) is 5.24. The van der Waals surface area contributed by atoms with Crippen LogP contribution in [0.3, 0.4) is 0 Å². The van der Waals surface area contributed by atoms with Gasteiger partial charge in [-0.15, -0.1) is 11.8 Å². The Morgan fingerprint density at radius 2 is 2.35 bits per heavy atom. The SMILES string of the molecule is CCOC(=O)CSCc1nc(NC)ccc1Cl. The van der Waals surface area contributed by atoms with E-state index in [0.717, 1.165) is 11.5 Å². The monoisotopic (exact) mass is 274 g/mol. The lowest BCUT2D eigenvalue weighted by Crippen LogP contribution is -2.07. The number of thioether (sulfide) groups is 1. The molecular formula is C11H15ClN2O2S. The number of nitrogens with zero attached hydrogens (tertiary/aromatic N) is 1. The average molecular weight is 275 g/mol. The van der Waals surface area contributed by atoms with Crippen molar-refractivity contribution in [3.05, 3.63) is 22.8 Å². The number of carbonyl (C=O) groups is 1. The number of nitrogens with one attached hydrogen (secondary N) is 1. The molecular weight excluding hydrogens is 260 g/mol. The molecule has 0 bridgehead atoms. The van der Waals surface area contributed by atoms with Crippen LogP contribution >= 0.6 is 23.4 Å². The number of hydrogen-bond acceptors (Lipinski definition) is 5. The maximum atomic E-state index is 11.1. The van der Waals surface area contributed by atoms with Crippen molar-refractivity contribution in [2.45, 2.75) is 12.7 Å². The highest BCUT2D eigenvalue weighted by Crippen LogP contribution is 2.21. The molecule has 0 aromatic carbocycles. The van der Waals surface area contributed by atoms with Gasteiger partial charge in [-0.1, -0.05) is 11.6 Å². The van der Waals surface area contributed by atoms with E-state index in [1.807, 2.05) is 6.07 Å². The van der Waals surface area contributed by atoms with Crippen molar-refractivity contribution in [1.29, 1.82) is 0 Å². The van der Waals surface area contributed by atoms with Crippen molar-refractivity contribution in [2.24, 2.45) is 0 Å². The summed E-state index contributed by atoms with van der Waals surface area (Å²) in [5.74, 6) is 1.46. The topological polar surface area (TPSA) is 51.2 Å². The second kappa shape index (κ2) is 7.40. The van der Waals surface area contributed by atoms with E-state index in [4.69, 9.17) is 16.3 Å². The molecule has 0 amide bonds. The fourth-order valence-corrected chi connectivity index (χ4v) is 2.18. The van der Waals surface area contributed by atoms with Crippen molar-refractivity contribution in [1.82, 2.24) is 4.98 Å². The Balaban J connectivity index is 2.48. The Labute approximate surface area is 110 Å². The number of ether oxygens (including phenoxy) is 1. The van der Waals surface area contributed by atoms with Gasteiger partial charge in [0.15, 0.2) is 0 Å². The molecule has 0 aliphatic heterocycles. The van der Waals surface area contributed by atoms with E-state index in [1.54, 1.807) is 20.0 Å². The molecule has 6 heteroatoms. The van der Waals surface area contributed by atoms with Gasteiger partial charge in [-0.25, -0.2) is 4.98 Å². The number of hydrogen-bond donors (Lipinski definition) is 1. The van der Waals surface area contributed by atoms with Crippen LogP contribution in [0.1, 0.15) is 12.6 Å². The molecule has 0 aliphatic rings. The molecule has 1 aromatic rings. The number of anilines is 1. The van der Waals surface area contributed by atoms with Gasteiger partial charge < -0.3 is 10.1 Å². The van der Waals surface area contributed by atoms with Gasteiger partial charge in [-0.3, -0.25) is 4.79 Å². The van der Waals surface area contributed by atoms with Crippen molar-refractivity contribution in [2.75, 3.05) is 24.7 Å². The summed E-state index contributed by atoms with van der Waals surface area (Å²) in [6, 6.07) is 3.60. The highest BCUT2D eigenvalue weighted by molar-refractivity contribution is 7.99. The van der Waals surface area contributed by atoms with Gasteiger partial charge >= 0.3 is 5.97 Å². The maximum absolute atomic E-state index is 11.1. The van der Waals surface area contributed by atoms with E-state index < -0.39 is 0 Å². The first-order valence-corrected chi connectivity index (χ1v) is 6.77. The number of halogens is 1. The van der Waals surface area contributed by atoms with Crippen LogP contribution in [0.15, 0.2) is 12.1 Å². The second-order valence-corrected chi connectivity index (χ2v) is 4.57. The van der Waals surface area contributed by atoms with Gasteiger partial charge in [0.2, 0.25) is 0 Å². The van der Waals surface area contributed by atoms with Crippen LogP contribution < -0.4 is 5.32 Å². The Kier molecular flexibility index (Phi) is 6.15. The smallest absolute Gasteiger partial charge is 0.315 e. The number of pyridine rings is 1. The molecule has 0 unspecified atom stereocenters. The predicted octanol–water partition coefficient (Wildman–Crippen LogP) is 2.57. The summed E-state index contributed by atoms with van der Waals surface area (Å²) in [5.41, 5.74) is 0.771. The standard InChI is InChI=1S/C11H15ClN2O2S/c1-3-16-11(15)7-17-6-9-8(12)4-5-10(13-2)14-9/h4-5H,3,6-7H2,1-2H3,(H,13,14). The zero-order chi connectivity index (χ0) is 12.7. The molecule has 0 aliphatic carbocycles. The Morgan fingerprint density at radius 1 is 1.59 bits per heavy atom. The molecule has 17 heavy (non-hydrogen) atoms. The highest BCUT2D eigenvalue weighted by Gasteiger charge is 2.06. The minimum absolute atomic E-state index is 0.210. The molecule has 94 valence electrons. The van der Waals surface area contributed by atoms with Crippen molar-refractivity contribution in [3.63, 3.8) is 0 Å². The first-order chi connectivity index (χ1) is 8.17. The maximum Gasteiger partial charge on any atom is 0.315 e. The van der Waals surface area contributed by atoms with Gasteiger partial charge in [0.05, 0.1) is 23.1 Å². The van der Waals surface area contributed by atoms with Crippen molar-refractivity contribution in [3.8, 4) is 0 Å². The van der Waals surface area contributed by atoms with E-state index in [0.29, 0.717) is 23.1 Å². The minimum Gasteiger partial charge on any atom is -0.465 e. The predicted molar refractivity (Wildman–Crippen MR) is 71.6 cm³/mol. The third-order valence-corrected chi connectivity index (χ3v) is 3.20. The Bertz CT molecular complexity index is 388. The third kappa shape index (κ3) is 4.83. The lowest BCUT2D eigenvalue weighted by atomic mass is 10.3. The fraction of sp³-hybridized carbons (Fsp3) is 0.455. The molecule has 4 nitrogen and oxygen atoms in total. The summed E-state index contributed by atoms with van der Waals surface area (Å²) in [5, 5.41) is 3.55. The highest BCUT2D eigenvalue weighted by atomic mass is 35.5. The third-order valence-electron chi connectivity index (χ3n) is 1.94. The zero-order valence-corrected chi connectivity index (χ0v) is 11.4. The summed E-state index contributed by atoms with van der Waals surface area (Å²) >= 11 is 7.45. The Hall–Kier alpha value is -0.940. The van der Waals surface area contributed by atoms with Gasteiger partial charge in [0.1, 0.15) is 5.82 Å². The van der Waals surface area contributed by atoms with Crippen LogP contribution in [-0.2, 0) is 15.3 Å². The molecule has 0 fully saturated rings. The van der Waals surface area contributed by atoms with E-state index in [1.165, 1.54) is 11.8 Å². The van der Waals surface area contributed by atoms with Crippen LogP contribution in [0.2, 0.25) is 5.02 Å². The number of esters is 1. The average Bonchev–Trinajstić information content (AvgIpc) is 2.32. The van der Waals surface area contributed by atoms with Crippen LogP contribution in [0.5, 0.6) is 0 Å². The lowest BCUT2D eigenvalue weighted by molar-refractivity contribution is -0.139. The summed E-state index contributed by atoms with van der Waals surface area (Å²) < 4.78 is 4.83. The Morgan fingerprint density at radius 3 is 3.00 bits per heavy atom. The summed E-state index contributed by atoms with van der Waals surface area (Å²) in [6.07, 6.45) is 0. The summed E-state index contributed by atoms with van der Waals surface area (Å²) in [4.78, 5) is 15.5. The van der Waals surface area contributed by atoms with Crippen molar-refractivity contribution < 1.29 is 9.53 Å². The van der Waals surface area contributed by atoms with Crippen LogP contribution in [0.4, 0.5) is 5.82 Å². The molecule has 0 saturated carbocycles. The van der Waals surface area contributed by atoms with Crippen molar-refractivity contribution >= 4 is 35.1 Å². The van der Waals surface area contributed by atoms with Gasteiger partial charge in [-0.05, 0) is 19.1 Å². The summed E-state index contributed by atoms with van der Waals surface area (Å²) in [6.45, 7) is 2.20. The molecule has 1 N–H and O–H groups in total. The zero-order valence-electron chi connectivity index (χ0n) is 9.83. The largest absolute Gasteiger partial charge is 0.465 e.